The maximum Gasteiger partial charge on any atom is 0.323 e. The number of imidazole rings is 1. The zero-order valence-electron chi connectivity index (χ0n) is 10.6. The second-order valence-electron chi connectivity index (χ2n) is 4.27. The van der Waals surface area contributed by atoms with E-state index in [0.29, 0.717) is 16.7 Å². The van der Waals surface area contributed by atoms with E-state index in [0.717, 1.165) is 0 Å². The number of hydrogen-bond donors (Lipinski definition) is 3. The Morgan fingerprint density at radius 1 is 1.38 bits per heavy atom. The highest BCUT2D eigenvalue weighted by atomic mass is 16.2. The van der Waals surface area contributed by atoms with Crippen LogP contribution in [0.4, 0.5) is 5.69 Å². The average molecular weight is 283 g/mol. The van der Waals surface area contributed by atoms with Crippen LogP contribution in [0.3, 0.4) is 0 Å². The lowest BCUT2D eigenvalue weighted by atomic mass is 10.3. The van der Waals surface area contributed by atoms with Crippen molar-refractivity contribution in [3.05, 3.63) is 40.8 Å². The van der Waals surface area contributed by atoms with E-state index < -0.39 is 0 Å². The Hall–Kier alpha value is -3.41. The number of nitrogens with zero attached hydrogens (tertiary/aromatic N) is 4. The number of anilines is 1. The smallest absolute Gasteiger partial charge is 0.323 e. The first-order valence-corrected chi connectivity index (χ1v) is 5.95. The van der Waals surface area contributed by atoms with E-state index in [1.807, 2.05) is 0 Å². The van der Waals surface area contributed by atoms with Gasteiger partial charge >= 0.3 is 5.69 Å². The van der Waals surface area contributed by atoms with E-state index in [9.17, 15) is 9.59 Å². The fourth-order valence-electron chi connectivity index (χ4n) is 1.88. The van der Waals surface area contributed by atoms with E-state index in [1.165, 1.54) is 11.0 Å². The molecule has 1 aromatic carbocycles. The first-order valence-electron chi connectivity index (χ1n) is 5.95. The molecule has 2 aromatic heterocycles. The first kappa shape index (κ1) is 12.6. The Morgan fingerprint density at radius 3 is 2.95 bits per heavy atom. The molecule has 0 aliphatic carbocycles. The summed E-state index contributed by atoms with van der Waals surface area (Å²) in [5.41, 5.74) is 1.50. The largest absolute Gasteiger partial charge is 0.324 e. The summed E-state index contributed by atoms with van der Waals surface area (Å²) in [6.45, 7) is -0.0592. The van der Waals surface area contributed by atoms with Crippen molar-refractivity contribution in [1.82, 2.24) is 24.7 Å². The van der Waals surface area contributed by atoms with Crippen LogP contribution in [-0.2, 0) is 11.3 Å². The van der Waals surface area contributed by atoms with Gasteiger partial charge in [0.25, 0.3) is 5.82 Å². The zero-order chi connectivity index (χ0) is 14.8. The molecule has 0 spiro atoms. The Balaban J connectivity index is 1.73. The molecule has 3 N–H and O–H groups in total. The van der Waals surface area contributed by atoms with Crippen molar-refractivity contribution in [3.8, 4) is 6.07 Å². The maximum atomic E-state index is 11.9. The van der Waals surface area contributed by atoms with Crippen molar-refractivity contribution in [1.29, 1.82) is 5.26 Å². The predicted molar refractivity (Wildman–Crippen MR) is 72.3 cm³/mol. The number of nitrogens with one attached hydrogen (secondary N) is 3. The molecule has 0 unspecified atom stereocenters. The van der Waals surface area contributed by atoms with Crippen LogP contribution >= 0.6 is 0 Å². The van der Waals surface area contributed by atoms with Crippen LogP contribution in [0.1, 0.15) is 5.82 Å². The average Bonchev–Trinajstić information content (AvgIpc) is 3.03. The van der Waals surface area contributed by atoms with Crippen LogP contribution in [0, 0.1) is 11.3 Å². The summed E-state index contributed by atoms with van der Waals surface area (Å²) in [5.74, 6) is -0.310. The molecule has 0 aliphatic rings. The van der Waals surface area contributed by atoms with Crippen LogP contribution in [0.25, 0.3) is 11.0 Å². The number of rotatable bonds is 3. The Bertz CT molecular complexity index is 911. The van der Waals surface area contributed by atoms with Gasteiger partial charge in [-0.3, -0.25) is 4.79 Å². The van der Waals surface area contributed by atoms with Gasteiger partial charge in [0, 0.05) is 5.69 Å². The van der Waals surface area contributed by atoms with E-state index in [4.69, 9.17) is 5.26 Å². The molecule has 2 heterocycles. The van der Waals surface area contributed by atoms with Crippen LogP contribution < -0.4 is 11.0 Å². The summed E-state index contributed by atoms with van der Waals surface area (Å²) >= 11 is 0. The molecule has 0 radical (unpaired) electrons. The number of amides is 1. The van der Waals surface area contributed by atoms with Crippen molar-refractivity contribution >= 4 is 22.6 Å². The number of H-pyrrole nitrogens is 2. The first-order chi connectivity index (χ1) is 10.1. The highest BCUT2D eigenvalue weighted by molar-refractivity contribution is 5.92. The molecule has 104 valence electrons. The summed E-state index contributed by atoms with van der Waals surface area (Å²) in [5, 5.41) is 15.1. The molecule has 0 saturated carbocycles. The summed E-state index contributed by atoms with van der Waals surface area (Å²) in [6.07, 6.45) is 1.31. The number of nitriles is 1. The standard InChI is InChI=1S/C12H9N7O2/c13-4-10-14-6-19(18-10)5-11(20)15-7-1-2-8-9(3-7)17-12(21)16-8/h1-3,6H,5H2,(H,15,20)(H2,16,17,21). The molecule has 0 bridgehead atoms. The van der Waals surface area contributed by atoms with Gasteiger partial charge in [-0.25, -0.2) is 14.5 Å². The van der Waals surface area contributed by atoms with Gasteiger partial charge in [0.2, 0.25) is 5.91 Å². The molecule has 0 atom stereocenters. The summed E-state index contributed by atoms with van der Waals surface area (Å²) in [4.78, 5) is 31.9. The number of carbonyl (C=O) groups excluding carboxylic acids is 1. The predicted octanol–water partition coefficient (Wildman–Crippen LogP) is -0.0419. The number of fused-ring (bicyclic) bond motifs is 1. The van der Waals surface area contributed by atoms with Crippen molar-refractivity contribution in [2.24, 2.45) is 0 Å². The Morgan fingerprint density at radius 2 is 2.19 bits per heavy atom. The van der Waals surface area contributed by atoms with Crippen molar-refractivity contribution in [2.45, 2.75) is 6.54 Å². The zero-order valence-corrected chi connectivity index (χ0v) is 10.6. The lowest BCUT2D eigenvalue weighted by molar-refractivity contribution is -0.116. The normalized spacial score (nSPS) is 10.4. The van der Waals surface area contributed by atoms with Gasteiger partial charge in [0.05, 0.1) is 11.0 Å². The summed E-state index contributed by atoms with van der Waals surface area (Å²) < 4.78 is 1.27. The highest BCUT2D eigenvalue weighted by Gasteiger charge is 2.07. The van der Waals surface area contributed by atoms with Gasteiger partial charge in [-0.2, -0.15) is 5.26 Å². The third kappa shape index (κ3) is 2.64. The summed E-state index contributed by atoms with van der Waals surface area (Å²) in [6, 6.07) is 6.79. The number of carbonyl (C=O) groups is 1. The number of hydrogen-bond acceptors (Lipinski definition) is 5. The SMILES string of the molecule is N#Cc1ncn(CC(=O)Nc2ccc3[nH]c(=O)[nH]c3c2)n1. The van der Waals surface area contributed by atoms with Gasteiger partial charge in [0.15, 0.2) is 0 Å². The number of aromatic nitrogens is 5. The molecule has 9 nitrogen and oxygen atoms in total. The molecule has 0 fully saturated rings. The van der Waals surface area contributed by atoms with Crippen LogP contribution in [0.2, 0.25) is 0 Å². The second kappa shape index (κ2) is 4.93. The molecule has 1 amide bonds. The molecule has 21 heavy (non-hydrogen) atoms. The molecule has 0 saturated heterocycles. The van der Waals surface area contributed by atoms with Crippen molar-refractivity contribution < 1.29 is 4.79 Å². The molecule has 3 aromatic rings. The van der Waals surface area contributed by atoms with E-state index in [-0.39, 0.29) is 24.0 Å². The van der Waals surface area contributed by atoms with Gasteiger partial charge in [0.1, 0.15) is 18.9 Å². The Labute approximate surface area is 117 Å². The topological polar surface area (TPSA) is 132 Å². The minimum absolute atomic E-state index is 0.00844. The van der Waals surface area contributed by atoms with Crippen molar-refractivity contribution in [2.75, 3.05) is 5.32 Å². The second-order valence-corrected chi connectivity index (χ2v) is 4.27. The Kier molecular flexibility index (Phi) is 2.96. The number of aromatic amines is 2. The minimum Gasteiger partial charge on any atom is -0.324 e. The summed E-state index contributed by atoms with van der Waals surface area (Å²) in [7, 11) is 0. The van der Waals surface area contributed by atoms with Crippen LogP contribution in [0.5, 0.6) is 0 Å². The lowest BCUT2D eigenvalue weighted by Crippen LogP contribution is -2.19. The monoisotopic (exact) mass is 283 g/mol. The molecule has 3 rings (SSSR count). The molecule has 0 aliphatic heterocycles. The van der Waals surface area contributed by atoms with Crippen LogP contribution in [0.15, 0.2) is 29.3 Å². The van der Waals surface area contributed by atoms with Crippen LogP contribution in [-0.4, -0.2) is 30.6 Å². The molecule has 9 heteroatoms. The van der Waals surface area contributed by atoms with Gasteiger partial charge < -0.3 is 15.3 Å². The highest BCUT2D eigenvalue weighted by Crippen LogP contribution is 2.14. The third-order valence-corrected chi connectivity index (χ3v) is 2.74. The van der Waals surface area contributed by atoms with Gasteiger partial charge in [-0.05, 0) is 18.2 Å². The van der Waals surface area contributed by atoms with E-state index in [2.05, 4.69) is 25.4 Å². The number of benzene rings is 1. The van der Waals surface area contributed by atoms with E-state index >= 15 is 0 Å². The van der Waals surface area contributed by atoms with E-state index in [1.54, 1.807) is 24.3 Å². The fraction of sp³-hybridized carbons (Fsp3) is 0.0833. The quantitative estimate of drug-likeness (QED) is 0.620. The van der Waals surface area contributed by atoms with Crippen molar-refractivity contribution in [3.63, 3.8) is 0 Å². The molecular formula is C12H9N7O2. The van der Waals surface area contributed by atoms with Gasteiger partial charge in [-0.1, -0.05) is 0 Å². The van der Waals surface area contributed by atoms with Gasteiger partial charge in [-0.15, -0.1) is 5.10 Å². The molecular weight excluding hydrogens is 274 g/mol. The lowest BCUT2D eigenvalue weighted by Gasteiger charge is -2.04. The third-order valence-electron chi connectivity index (χ3n) is 2.74. The minimum atomic E-state index is -0.318. The maximum absolute atomic E-state index is 11.9. The fourth-order valence-corrected chi connectivity index (χ4v) is 1.88.